The van der Waals surface area contributed by atoms with Gasteiger partial charge in [0.25, 0.3) is 0 Å². The Labute approximate surface area is 126 Å². The van der Waals surface area contributed by atoms with E-state index in [0.29, 0.717) is 11.0 Å². The van der Waals surface area contributed by atoms with Crippen LogP contribution in [0.25, 0.3) is 23.2 Å². The minimum Gasteiger partial charge on any atom is -0.496 e. The molecule has 0 atom stereocenters. The molecule has 110 valence electrons. The van der Waals surface area contributed by atoms with Gasteiger partial charge in [0.1, 0.15) is 11.1 Å². The summed E-state index contributed by atoms with van der Waals surface area (Å²) < 4.78 is 10.4. The molecule has 5 nitrogen and oxygen atoms in total. The van der Waals surface area contributed by atoms with Gasteiger partial charge < -0.3 is 9.15 Å². The first-order valence-electron chi connectivity index (χ1n) is 6.76. The number of benzene rings is 1. The van der Waals surface area contributed by atoms with Crippen LogP contribution in [0.5, 0.6) is 5.75 Å². The molecule has 3 aromatic rings. The predicted molar refractivity (Wildman–Crippen MR) is 84.7 cm³/mol. The molecule has 2 heterocycles. The molecule has 3 rings (SSSR count). The third kappa shape index (κ3) is 2.74. The smallest absolute Gasteiger partial charge is 0.348 e. The van der Waals surface area contributed by atoms with Gasteiger partial charge in [-0.2, -0.15) is 4.98 Å². The molecule has 0 radical (unpaired) electrons. The van der Waals surface area contributed by atoms with Crippen LogP contribution < -0.4 is 10.4 Å². The lowest BCUT2D eigenvalue weighted by atomic mass is 10.1. The van der Waals surface area contributed by atoms with Crippen molar-refractivity contribution in [3.8, 4) is 5.75 Å². The zero-order valence-corrected chi connectivity index (χ0v) is 12.2. The average Bonchev–Trinajstić information content (AvgIpc) is 2.54. The number of rotatable bonds is 3. The van der Waals surface area contributed by atoms with Gasteiger partial charge in [-0.15, -0.1) is 0 Å². The maximum absolute atomic E-state index is 11.9. The molecule has 0 saturated carbocycles. The third-order valence-electron chi connectivity index (χ3n) is 3.27. The highest BCUT2D eigenvalue weighted by atomic mass is 16.5. The number of ether oxygens (including phenoxy) is 1. The van der Waals surface area contributed by atoms with E-state index < -0.39 is 5.63 Å². The van der Waals surface area contributed by atoms with E-state index in [1.54, 1.807) is 31.5 Å². The van der Waals surface area contributed by atoms with E-state index >= 15 is 0 Å². The van der Waals surface area contributed by atoms with Gasteiger partial charge in [-0.3, -0.25) is 0 Å². The van der Waals surface area contributed by atoms with Crippen LogP contribution in [-0.4, -0.2) is 17.1 Å². The number of fused-ring (bicyclic) bond motifs is 1. The van der Waals surface area contributed by atoms with Crippen molar-refractivity contribution in [1.82, 2.24) is 9.97 Å². The molecule has 5 heteroatoms. The van der Waals surface area contributed by atoms with Crippen molar-refractivity contribution in [2.75, 3.05) is 7.11 Å². The topological polar surface area (TPSA) is 65.2 Å². The Hall–Kier alpha value is -2.95. The molecule has 2 aromatic heterocycles. The zero-order valence-electron chi connectivity index (χ0n) is 12.2. The summed E-state index contributed by atoms with van der Waals surface area (Å²) >= 11 is 0. The Bertz CT molecular complexity index is 913. The zero-order chi connectivity index (χ0) is 15.5. The molecule has 0 N–H and O–H groups in total. The van der Waals surface area contributed by atoms with E-state index in [1.165, 1.54) is 0 Å². The van der Waals surface area contributed by atoms with E-state index in [-0.39, 0.29) is 5.89 Å². The van der Waals surface area contributed by atoms with Gasteiger partial charge >= 0.3 is 5.63 Å². The summed E-state index contributed by atoms with van der Waals surface area (Å²) in [5, 5.41) is 0.372. The third-order valence-corrected chi connectivity index (χ3v) is 3.27. The second-order valence-electron chi connectivity index (χ2n) is 4.78. The van der Waals surface area contributed by atoms with Gasteiger partial charge in [-0.1, -0.05) is 12.1 Å². The van der Waals surface area contributed by atoms with Crippen molar-refractivity contribution in [2.45, 2.75) is 6.92 Å². The molecule has 0 spiro atoms. The Morgan fingerprint density at radius 1 is 1.23 bits per heavy atom. The minimum atomic E-state index is -0.445. The molecule has 0 amide bonds. The van der Waals surface area contributed by atoms with Crippen LogP contribution in [0.3, 0.4) is 0 Å². The fourth-order valence-electron chi connectivity index (χ4n) is 2.10. The van der Waals surface area contributed by atoms with Gasteiger partial charge in [-0.25, -0.2) is 9.78 Å². The van der Waals surface area contributed by atoms with Crippen molar-refractivity contribution < 1.29 is 9.15 Å². The van der Waals surface area contributed by atoms with Gasteiger partial charge in [0.2, 0.25) is 5.89 Å². The van der Waals surface area contributed by atoms with E-state index in [2.05, 4.69) is 9.97 Å². The average molecular weight is 294 g/mol. The second-order valence-corrected chi connectivity index (χ2v) is 4.78. The number of methoxy groups -OCH3 is 1. The van der Waals surface area contributed by atoms with Gasteiger partial charge in [-0.05, 0) is 42.3 Å². The summed E-state index contributed by atoms with van der Waals surface area (Å²) in [7, 11) is 1.63. The molecule has 0 saturated heterocycles. The van der Waals surface area contributed by atoms with Crippen molar-refractivity contribution in [3.05, 3.63) is 64.0 Å². The molecule has 0 aliphatic rings. The lowest BCUT2D eigenvalue weighted by Gasteiger charge is -2.04. The van der Waals surface area contributed by atoms with Crippen LogP contribution in [0.15, 0.2) is 45.7 Å². The van der Waals surface area contributed by atoms with Crippen molar-refractivity contribution in [1.29, 1.82) is 0 Å². The molecular formula is C17H14N2O3. The Kier molecular flexibility index (Phi) is 3.70. The quantitative estimate of drug-likeness (QED) is 0.742. The summed E-state index contributed by atoms with van der Waals surface area (Å²) in [5.41, 5.74) is 1.91. The number of hydrogen-bond acceptors (Lipinski definition) is 5. The molecule has 0 aliphatic heterocycles. The standard InChI is InChI=1S/C17H14N2O3/c1-11-5-6-12(10-14(11)21-2)7-8-15-19-16-13(17(20)22-15)4-3-9-18-16/h3-10H,1-2H3/b8-7+. The van der Waals surface area contributed by atoms with Crippen molar-refractivity contribution in [3.63, 3.8) is 0 Å². The summed E-state index contributed by atoms with van der Waals surface area (Å²) in [6, 6.07) is 9.13. The van der Waals surface area contributed by atoms with Crippen LogP contribution in [0, 0.1) is 6.92 Å². The number of aromatic nitrogens is 2. The van der Waals surface area contributed by atoms with Gasteiger partial charge in [0, 0.05) is 12.3 Å². The largest absolute Gasteiger partial charge is 0.496 e. The number of aryl methyl sites for hydroxylation is 1. The van der Waals surface area contributed by atoms with Gasteiger partial charge in [0.15, 0.2) is 5.65 Å². The Morgan fingerprint density at radius 3 is 2.91 bits per heavy atom. The summed E-state index contributed by atoms with van der Waals surface area (Å²) in [5.74, 6) is 1.02. The monoisotopic (exact) mass is 294 g/mol. The molecular weight excluding hydrogens is 280 g/mol. The molecule has 22 heavy (non-hydrogen) atoms. The van der Waals surface area contributed by atoms with E-state index in [4.69, 9.17) is 9.15 Å². The summed E-state index contributed by atoms with van der Waals surface area (Å²) in [4.78, 5) is 20.1. The summed E-state index contributed by atoms with van der Waals surface area (Å²) in [6.45, 7) is 1.97. The fourth-order valence-corrected chi connectivity index (χ4v) is 2.10. The number of pyridine rings is 1. The van der Waals surface area contributed by atoms with Crippen molar-refractivity contribution in [2.24, 2.45) is 0 Å². The Morgan fingerprint density at radius 2 is 2.09 bits per heavy atom. The van der Waals surface area contributed by atoms with Crippen LogP contribution in [0.2, 0.25) is 0 Å². The van der Waals surface area contributed by atoms with Crippen molar-refractivity contribution >= 4 is 23.2 Å². The predicted octanol–water partition coefficient (Wildman–Crippen LogP) is 3.07. The maximum Gasteiger partial charge on any atom is 0.348 e. The van der Waals surface area contributed by atoms with Crippen LogP contribution in [-0.2, 0) is 0 Å². The lowest BCUT2D eigenvalue weighted by Crippen LogP contribution is -2.03. The molecule has 1 aromatic carbocycles. The van der Waals surface area contributed by atoms with E-state index in [9.17, 15) is 4.79 Å². The maximum atomic E-state index is 11.9. The highest BCUT2D eigenvalue weighted by molar-refractivity contribution is 5.74. The highest BCUT2D eigenvalue weighted by Gasteiger charge is 2.04. The second kappa shape index (κ2) is 5.81. The highest BCUT2D eigenvalue weighted by Crippen LogP contribution is 2.20. The van der Waals surface area contributed by atoms with E-state index in [1.807, 2.05) is 31.2 Å². The molecule has 0 aliphatic carbocycles. The molecule has 0 unspecified atom stereocenters. The first-order chi connectivity index (χ1) is 10.7. The van der Waals surface area contributed by atoms with Crippen LogP contribution in [0.4, 0.5) is 0 Å². The van der Waals surface area contributed by atoms with Crippen LogP contribution in [0.1, 0.15) is 17.0 Å². The number of hydrogen-bond donors (Lipinski definition) is 0. The molecule has 0 bridgehead atoms. The first-order valence-corrected chi connectivity index (χ1v) is 6.76. The lowest BCUT2D eigenvalue weighted by molar-refractivity contribution is 0.411. The SMILES string of the molecule is COc1cc(/C=C/c2nc3ncccc3c(=O)o2)ccc1C. The minimum absolute atomic E-state index is 0.218. The summed E-state index contributed by atoms with van der Waals surface area (Å²) in [6.07, 6.45) is 5.04. The number of nitrogens with zero attached hydrogens (tertiary/aromatic N) is 2. The Balaban J connectivity index is 1.97. The fraction of sp³-hybridized carbons (Fsp3) is 0.118. The first kappa shape index (κ1) is 14.0. The normalized spacial score (nSPS) is 11.2. The van der Waals surface area contributed by atoms with E-state index in [0.717, 1.165) is 16.9 Å². The van der Waals surface area contributed by atoms with Crippen LogP contribution >= 0.6 is 0 Å². The molecule has 0 fully saturated rings. The van der Waals surface area contributed by atoms with Gasteiger partial charge in [0.05, 0.1) is 7.11 Å².